The van der Waals surface area contributed by atoms with E-state index < -0.39 is 17.6 Å². The maximum atomic E-state index is 13.3. The fraction of sp³-hybridized carbons (Fsp3) is 0.222. The Kier molecular flexibility index (Phi) is 7.56. The molecule has 0 aliphatic heterocycles. The molecule has 3 aromatic carbocycles. The molecule has 0 fully saturated rings. The second-order valence-corrected chi connectivity index (χ2v) is 8.44. The molecule has 198 valence electrons. The molecule has 1 amide bonds. The molecule has 38 heavy (non-hydrogen) atoms. The number of rotatable bonds is 8. The molecule has 1 aromatic heterocycles. The van der Waals surface area contributed by atoms with Crippen molar-refractivity contribution in [3.8, 4) is 34.6 Å². The van der Waals surface area contributed by atoms with Gasteiger partial charge < -0.3 is 19.5 Å². The second-order valence-electron chi connectivity index (χ2n) is 8.44. The van der Waals surface area contributed by atoms with Crippen LogP contribution >= 0.6 is 0 Å². The third-order valence-corrected chi connectivity index (χ3v) is 5.40. The van der Waals surface area contributed by atoms with Crippen LogP contribution in [-0.4, -0.2) is 41.0 Å². The number of hydrogen-bond donors (Lipinski definition) is 1. The summed E-state index contributed by atoms with van der Waals surface area (Å²) in [5, 5.41) is 7.15. The van der Waals surface area contributed by atoms with Crippen molar-refractivity contribution in [2.24, 2.45) is 0 Å². The highest BCUT2D eigenvalue weighted by Gasteiger charge is 2.31. The van der Waals surface area contributed by atoms with Crippen LogP contribution in [0.5, 0.6) is 17.5 Å². The predicted octanol–water partition coefficient (Wildman–Crippen LogP) is 6.01. The highest BCUT2D eigenvalue weighted by atomic mass is 19.4. The lowest BCUT2D eigenvalue weighted by molar-refractivity contribution is -0.137. The van der Waals surface area contributed by atoms with Crippen molar-refractivity contribution in [1.29, 1.82) is 0 Å². The number of nitrogens with zero attached hydrogens (tertiary/aromatic N) is 3. The molecule has 0 saturated carbocycles. The second kappa shape index (κ2) is 10.8. The molecule has 11 heteroatoms. The lowest BCUT2D eigenvalue weighted by atomic mass is 10.1. The Bertz CT molecular complexity index is 1430. The van der Waals surface area contributed by atoms with Gasteiger partial charge in [0.05, 0.1) is 37.1 Å². The maximum absolute atomic E-state index is 13.3. The first kappa shape index (κ1) is 26.5. The zero-order chi connectivity index (χ0) is 27.4. The number of carbonyl (C=O) groups is 1. The van der Waals surface area contributed by atoms with E-state index in [-0.39, 0.29) is 23.5 Å². The summed E-state index contributed by atoms with van der Waals surface area (Å²) in [7, 11) is 2.97. The van der Waals surface area contributed by atoms with Gasteiger partial charge in [-0.2, -0.15) is 18.2 Å². The SMILES string of the molecule is COc1ccc(C(=O)Nc2ccc(-n3nc(OC(C)C)nc3-c3cccc(C(F)(F)F)c3)cc2)c(OC)c1. The Hall–Kier alpha value is -4.54. The number of hydrogen-bond acceptors (Lipinski definition) is 6. The van der Waals surface area contributed by atoms with Crippen molar-refractivity contribution in [3.63, 3.8) is 0 Å². The Morgan fingerprint density at radius 2 is 1.71 bits per heavy atom. The number of anilines is 1. The first-order chi connectivity index (χ1) is 18.1. The minimum atomic E-state index is -4.51. The summed E-state index contributed by atoms with van der Waals surface area (Å²) in [6.07, 6.45) is -4.75. The van der Waals surface area contributed by atoms with Crippen molar-refractivity contribution in [2.75, 3.05) is 19.5 Å². The zero-order valence-corrected chi connectivity index (χ0v) is 21.0. The van der Waals surface area contributed by atoms with Crippen LogP contribution in [0.25, 0.3) is 17.1 Å². The molecular weight excluding hydrogens is 501 g/mol. The number of nitrogens with one attached hydrogen (secondary N) is 1. The van der Waals surface area contributed by atoms with Gasteiger partial charge in [0.25, 0.3) is 5.91 Å². The van der Waals surface area contributed by atoms with Gasteiger partial charge in [-0.3, -0.25) is 4.79 Å². The number of halogens is 3. The Labute approximate surface area is 217 Å². The van der Waals surface area contributed by atoms with Crippen LogP contribution in [0.1, 0.15) is 29.8 Å². The molecule has 8 nitrogen and oxygen atoms in total. The van der Waals surface area contributed by atoms with E-state index in [9.17, 15) is 18.0 Å². The average Bonchev–Trinajstić information content (AvgIpc) is 3.31. The van der Waals surface area contributed by atoms with Crippen molar-refractivity contribution >= 4 is 11.6 Å². The number of ether oxygens (including phenoxy) is 3. The van der Waals surface area contributed by atoms with Crippen LogP contribution in [0.2, 0.25) is 0 Å². The van der Waals surface area contributed by atoms with E-state index in [1.165, 1.54) is 31.0 Å². The van der Waals surface area contributed by atoms with Gasteiger partial charge in [0.2, 0.25) is 0 Å². The minimum absolute atomic E-state index is 0.0244. The molecule has 0 atom stereocenters. The van der Waals surface area contributed by atoms with Crippen molar-refractivity contribution in [1.82, 2.24) is 14.8 Å². The Morgan fingerprint density at radius 3 is 2.34 bits per heavy atom. The standard InChI is InChI=1S/C27H25F3N4O4/c1-16(2)38-26-32-24(17-6-5-7-18(14-17)27(28,29)30)34(33-26)20-10-8-19(9-11-20)31-25(35)22-13-12-21(36-3)15-23(22)37-4/h5-16H,1-4H3,(H,31,35). The number of aromatic nitrogens is 3. The van der Waals surface area contributed by atoms with Gasteiger partial charge in [0, 0.05) is 17.3 Å². The van der Waals surface area contributed by atoms with Gasteiger partial charge >= 0.3 is 12.2 Å². The quantitative estimate of drug-likeness (QED) is 0.303. The number of benzene rings is 3. The van der Waals surface area contributed by atoms with Crippen LogP contribution < -0.4 is 19.5 Å². The van der Waals surface area contributed by atoms with Crippen LogP contribution in [0.3, 0.4) is 0 Å². The summed E-state index contributed by atoms with van der Waals surface area (Å²) in [5.41, 5.74) is 0.716. The summed E-state index contributed by atoms with van der Waals surface area (Å²) in [6.45, 7) is 3.58. The van der Waals surface area contributed by atoms with Crippen molar-refractivity contribution in [2.45, 2.75) is 26.1 Å². The van der Waals surface area contributed by atoms with Crippen LogP contribution in [0.4, 0.5) is 18.9 Å². The highest BCUT2D eigenvalue weighted by Crippen LogP contribution is 2.33. The fourth-order valence-corrected chi connectivity index (χ4v) is 3.63. The van der Waals surface area contributed by atoms with E-state index in [0.717, 1.165) is 12.1 Å². The van der Waals surface area contributed by atoms with Crippen molar-refractivity contribution < 1.29 is 32.2 Å². The number of amides is 1. The van der Waals surface area contributed by atoms with Crippen LogP contribution in [0.15, 0.2) is 66.7 Å². The van der Waals surface area contributed by atoms with Crippen LogP contribution in [0, 0.1) is 0 Å². The smallest absolute Gasteiger partial charge is 0.416 e. The molecule has 0 radical (unpaired) electrons. The van der Waals surface area contributed by atoms with E-state index >= 15 is 0 Å². The molecule has 0 aliphatic rings. The van der Waals surface area contributed by atoms with Gasteiger partial charge in [0.1, 0.15) is 11.5 Å². The Balaban J connectivity index is 1.64. The van der Waals surface area contributed by atoms with E-state index in [1.807, 2.05) is 0 Å². The summed E-state index contributed by atoms with van der Waals surface area (Å²) >= 11 is 0. The number of carbonyl (C=O) groups excluding carboxylic acids is 1. The largest absolute Gasteiger partial charge is 0.497 e. The summed E-state index contributed by atoms with van der Waals surface area (Å²) < 4.78 is 57.4. The molecule has 1 heterocycles. The van der Waals surface area contributed by atoms with Gasteiger partial charge in [-0.15, -0.1) is 5.10 Å². The summed E-state index contributed by atoms with van der Waals surface area (Å²) in [6, 6.07) is 16.3. The first-order valence-electron chi connectivity index (χ1n) is 11.5. The van der Waals surface area contributed by atoms with Gasteiger partial charge in [-0.1, -0.05) is 12.1 Å². The minimum Gasteiger partial charge on any atom is -0.497 e. The lowest BCUT2D eigenvalue weighted by Crippen LogP contribution is -2.13. The number of alkyl halides is 3. The third kappa shape index (κ3) is 5.88. The third-order valence-electron chi connectivity index (χ3n) is 5.40. The molecule has 0 spiro atoms. The van der Waals surface area contributed by atoms with E-state index in [1.54, 1.807) is 56.3 Å². The van der Waals surface area contributed by atoms with E-state index in [4.69, 9.17) is 14.2 Å². The molecule has 0 unspecified atom stereocenters. The Morgan fingerprint density at radius 1 is 0.974 bits per heavy atom. The summed E-state index contributed by atoms with van der Waals surface area (Å²) in [4.78, 5) is 17.2. The monoisotopic (exact) mass is 526 g/mol. The van der Waals surface area contributed by atoms with E-state index in [2.05, 4.69) is 15.4 Å². The normalized spacial score (nSPS) is 11.4. The van der Waals surface area contributed by atoms with Crippen LogP contribution in [-0.2, 0) is 6.18 Å². The fourth-order valence-electron chi connectivity index (χ4n) is 3.63. The van der Waals surface area contributed by atoms with Gasteiger partial charge in [0.15, 0.2) is 5.82 Å². The van der Waals surface area contributed by atoms with Gasteiger partial charge in [-0.05, 0) is 62.4 Å². The maximum Gasteiger partial charge on any atom is 0.416 e. The zero-order valence-electron chi connectivity index (χ0n) is 21.0. The van der Waals surface area contributed by atoms with Gasteiger partial charge in [-0.25, -0.2) is 4.68 Å². The molecular formula is C27H25F3N4O4. The highest BCUT2D eigenvalue weighted by molar-refractivity contribution is 6.06. The molecule has 0 bridgehead atoms. The first-order valence-corrected chi connectivity index (χ1v) is 11.5. The molecule has 0 saturated heterocycles. The molecule has 0 aliphatic carbocycles. The topological polar surface area (TPSA) is 87.5 Å². The number of methoxy groups -OCH3 is 2. The van der Waals surface area contributed by atoms with E-state index in [0.29, 0.717) is 28.4 Å². The molecule has 1 N–H and O–H groups in total. The van der Waals surface area contributed by atoms with Crippen molar-refractivity contribution in [3.05, 3.63) is 77.9 Å². The molecule has 4 rings (SSSR count). The molecule has 4 aromatic rings. The lowest BCUT2D eigenvalue weighted by Gasteiger charge is -2.12. The average molecular weight is 527 g/mol. The predicted molar refractivity (Wildman–Crippen MR) is 135 cm³/mol. The summed E-state index contributed by atoms with van der Waals surface area (Å²) in [5.74, 6) is 0.680.